The Labute approximate surface area is 104 Å². The van der Waals surface area contributed by atoms with Crippen LogP contribution in [0.3, 0.4) is 0 Å². The highest BCUT2D eigenvalue weighted by atomic mass is 79.9. The Hall–Kier alpha value is -1.03. The first kappa shape index (κ1) is 11.5. The molecular weight excluding hydrogens is 268 g/mol. The van der Waals surface area contributed by atoms with Gasteiger partial charge in [-0.05, 0) is 31.2 Å². The van der Waals surface area contributed by atoms with Gasteiger partial charge in [0.1, 0.15) is 12.6 Å². The van der Waals surface area contributed by atoms with Gasteiger partial charge in [-0.15, -0.1) is 0 Å². The van der Waals surface area contributed by atoms with Crippen molar-refractivity contribution in [2.45, 2.75) is 13.0 Å². The number of hydrogen-bond donors (Lipinski definition) is 0. The minimum atomic E-state index is 0.212. The third-order valence-electron chi connectivity index (χ3n) is 2.58. The summed E-state index contributed by atoms with van der Waals surface area (Å²) in [5, 5.41) is 0. The van der Waals surface area contributed by atoms with Gasteiger partial charge >= 0.3 is 0 Å². The van der Waals surface area contributed by atoms with Crippen molar-refractivity contribution in [1.29, 1.82) is 0 Å². The van der Waals surface area contributed by atoms with E-state index >= 15 is 0 Å². The highest BCUT2D eigenvalue weighted by Crippen LogP contribution is 2.19. The number of likely N-dealkylation sites (N-methyl/N-ethyl adjacent to an activating group) is 1. The second-order valence-corrected chi connectivity index (χ2v) is 4.62. The van der Waals surface area contributed by atoms with Gasteiger partial charge in [0.05, 0.1) is 0 Å². The highest BCUT2D eigenvalue weighted by Gasteiger charge is 2.16. The summed E-state index contributed by atoms with van der Waals surface area (Å²) in [7, 11) is 0. The number of aliphatic imine (C=N–C) groups is 1. The molecule has 16 heavy (non-hydrogen) atoms. The third kappa shape index (κ3) is 2.76. The van der Waals surface area contributed by atoms with Crippen molar-refractivity contribution in [3.8, 4) is 0 Å². The van der Waals surface area contributed by atoms with E-state index in [0.29, 0.717) is 6.61 Å². The molecule has 1 unspecified atom stereocenters. The topological polar surface area (TPSA) is 24.8 Å². The predicted molar refractivity (Wildman–Crippen MR) is 69.2 cm³/mol. The number of rotatable bonds is 4. The summed E-state index contributed by atoms with van der Waals surface area (Å²) < 4.78 is 6.11. The molecule has 1 aliphatic heterocycles. The van der Waals surface area contributed by atoms with Crippen LogP contribution in [0, 0.1) is 0 Å². The normalized spacial score (nSPS) is 18.5. The number of nitrogens with zero attached hydrogens (tertiary/aromatic N) is 2. The molecule has 1 radical (unpaired) electrons. The second kappa shape index (κ2) is 5.34. The van der Waals surface area contributed by atoms with Crippen molar-refractivity contribution < 1.29 is 4.74 Å². The fraction of sp³-hybridized carbons (Fsp3) is 0.417. The van der Waals surface area contributed by atoms with Crippen molar-refractivity contribution in [3.05, 3.63) is 28.7 Å². The van der Waals surface area contributed by atoms with Crippen molar-refractivity contribution >= 4 is 28.0 Å². The molecule has 0 spiro atoms. The van der Waals surface area contributed by atoms with Gasteiger partial charge in [-0.3, -0.25) is 0 Å². The first-order valence-corrected chi connectivity index (χ1v) is 6.16. The third-order valence-corrected chi connectivity index (χ3v) is 3.11. The van der Waals surface area contributed by atoms with Gasteiger partial charge < -0.3 is 9.64 Å². The summed E-state index contributed by atoms with van der Waals surface area (Å²) in [6, 6.07) is 8.54. The van der Waals surface area contributed by atoms with Crippen LogP contribution in [-0.4, -0.2) is 32.1 Å². The number of hydrogen-bond acceptors (Lipinski definition) is 3. The molecule has 85 valence electrons. The molecule has 0 bridgehead atoms. The van der Waals surface area contributed by atoms with Crippen molar-refractivity contribution in [2.75, 3.05) is 24.6 Å². The number of halogens is 1. The zero-order chi connectivity index (χ0) is 11.4. The van der Waals surface area contributed by atoms with Crippen molar-refractivity contribution in [3.63, 3.8) is 0 Å². The summed E-state index contributed by atoms with van der Waals surface area (Å²) >= 11 is 3.44. The van der Waals surface area contributed by atoms with Crippen LogP contribution in [0.1, 0.15) is 6.92 Å². The quantitative estimate of drug-likeness (QED) is 0.848. The summed E-state index contributed by atoms with van der Waals surface area (Å²) in [6.45, 7) is 4.64. The average molecular weight is 282 g/mol. The van der Waals surface area contributed by atoms with E-state index in [0.717, 1.165) is 17.6 Å². The second-order valence-electron chi connectivity index (χ2n) is 3.70. The van der Waals surface area contributed by atoms with Crippen LogP contribution in [0.25, 0.3) is 0 Å². The van der Waals surface area contributed by atoms with Crippen LogP contribution in [0.15, 0.2) is 33.7 Å². The Bertz CT molecular complexity index is 364. The zero-order valence-electron chi connectivity index (χ0n) is 9.19. The maximum Gasteiger partial charge on any atom is 0.273 e. The van der Waals surface area contributed by atoms with Crippen LogP contribution in [0.4, 0.5) is 5.69 Å². The van der Waals surface area contributed by atoms with Gasteiger partial charge in [-0.2, -0.15) is 0 Å². The lowest BCUT2D eigenvalue weighted by Crippen LogP contribution is -2.32. The SMILES string of the molecule is CCN(CC1CO[C]=N1)c1ccc(Br)cc1. The maximum atomic E-state index is 5.01. The molecule has 0 amide bonds. The fourth-order valence-corrected chi connectivity index (χ4v) is 1.96. The lowest BCUT2D eigenvalue weighted by atomic mass is 10.2. The lowest BCUT2D eigenvalue weighted by molar-refractivity contribution is 0.328. The highest BCUT2D eigenvalue weighted by molar-refractivity contribution is 9.10. The van der Waals surface area contributed by atoms with E-state index in [1.54, 1.807) is 0 Å². The molecule has 0 aromatic heterocycles. The first-order chi connectivity index (χ1) is 7.79. The maximum absolute atomic E-state index is 5.01. The monoisotopic (exact) mass is 281 g/mol. The number of ether oxygens (including phenoxy) is 1. The smallest absolute Gasteiger partial charge is 0.273 e. The molecule has 2 rings (SSSR count). The van der Waals surface area contributed by atoms with E-state index in [1.165, 1.54) is 5.69 Å². The standard InChI is InChI=1S/C12H14BrN2O/c1-2-15(7-11-8-16-9-14-11)12-5-3-10(13)4-6-12/h3-6,11H,2,7-8H2,1H3. The van der Waals surface area contributed by atoms with E-state index < -0.39 is 0 Å². The molecule has 4 heteroatoms. The number of anilines is 1. The van der Waals surface area contributed by atoms with E-state index in [2.05, 4.69) is 63.4 Å². The van der Waals surface area contributed by atoms with Crippen LogP contribution in [0.5, 0.6) is 0 Å². The Morgan fingerprint density at radius 1 is 1.50 bits per heavy atom. The Balaban J connectivity index is 2.03. The van der Waals surface area contributed by atoms with Crippen LogP contribution in [0.2, 0.25) is 0 Å². The van der Waals surface area contributed by atoms with Crippen molar-refractivity contribution in [1.82, 2.24) is 0 Å². The molecule has 0 N–H and O–H groups in total. The van der Waals surface area contributed by atoms with Gasteiger partial charge in [0, 0.05) is 23.2 Å². The minimum absolute atomic E-state index is 0.212. The van der Waals surface area contributed by atoms with E-state index in [-0.39, 0.29) is 6.04 Å². The van der Waals surface area contributed by atoms with Gasteiger partial charge in [0.25, 0.3) is 6.40 Å². The van der Waals surface area contributed by atoms with Gasteiger partial charge in [-0.25, -0.2) is 4.99 Å². The van der Waals surface area contributed by atoms with Gasteiger partial charge in [0.2, 0.25) is 0 Å². The van der Waals surface area contributed by atoms with Gasteiger partial charge in [0.15, 0.2) is 0 Å². The molecule has 1 atom stereocenters. The molecule has 0 saturated carbocycles. The number of benzene rings is 1. The molecule has 1 aromatic carbocycles. The first-order valence-electron chi connectivity index (χ1n) is 5.36. The molecule has 3 nitrogen and oxygen atoms in total. The van der Waals surface area contributed by atoms with E-state index in [1.807, 2.05) is 0 Å². The molecule has 0 fully saturated rings. The summed E-state index contributed by atoms with van der Waals surface area (Å²) in [6.07, 6.45) is 2.55. The Kier molecular flexibility index (Phi) is 3.83. The van der Waals surface area contributed by atoms with Crippen LogP contribution >= 0.6 is 15.9 Å². The van der Waals surface area contributed by atoms with E-state index in [4.69, 9.17) is 4.74 Å². The molecule has 1 aromatic rings. The molecule has 0 saturated heterocycles. The summed E-state index contributed by atoms with van der Waals surface area (Å²) in [5.74, 6) is 0. The average Bonchev–Trinajstić information content (AvgIpc) is 2.80. The fourth-order valence-electron chi connectivity index (χ4n) is 1.70. The van der Waals surface area contributed by atoms with Gasteiger partial charge in [-0.1, -0.05) is 15.9 Å². The Morgan fingerprint density at radius 3 is 2.81 bits per heavy atom. The molecular formula is C12H14BrN2O. The largest absolute Gasteiger partial charge is 0.472 e. The van der Waals surface area contributed by atoms with E-state index in [9.17, 15) is 0 Å². The molecule has 1 aliphatic rings. The Morgan fingerprint density at radius 2 is 2.25 bits per heavy atom. The van der Waals surface area contributed by atoms with Crippen LogP contribution < -0.4 is 4.90 Å². The summed E-state index contributed by atoms with van der Waals surface area (Å²) in [5.41, 5.74) is 1.22. The summed E-state index contributed by atoms with van der Waals surface area (Å²) in [4.78, 5) is 6.43. The predicted octanol–water partition coefficient (Wildman–Crippen LogP) is 2.58. The molecule has 1 heterocycles. The van der Waals surface area contributed by atoms with Crippen molar-refractivity contribution in [2.24, 2.45) is 4.99 Å². The zero-order valence-corrected chi connectivity index (χ0v) is 10.8. The van der Waals surface area contributed by atoms with Crippen LogP contribution in [-0.2, 0) is 4.74 Å². The minimum Gasteiger partial charge on any atom is -0.472 e. The lowest BCUT2D eigenvalue weighted by Gasteiger charge is -2.24. The molecule has 0 aliphatic carbocycles.